The maximum Gasteiger partial charge on any atom is 0.410 e. The summed E-state index contributed by atoms with van der Waals surface area (Å²) in [6, 6.07) is 0.181. The summed E-state index contributed by atoms with van der Waals surface area (Å²) >= 11 is 0. The molecule has 1 aliphatic heterocycles. The third-order valence-electron chi connectivity index (χ3n) is 3.23. The summed E-state index contributed by atoms with van der Waals surface area (Å²) in [5, 5.41) is 11.6. The largest absolute Gasteiger partial charge is 0.480 e. The Morgan fingerprint density at radius 1 is 1.45 bits per heavy atom. The van der Waals surface area contributed by atoms with Crippen LogP contribution in [-0.4, -0.2) is 52.8 Å². The lowest BCUT2D eigenvalue weighted by atomic mass is 10.1. The van der Waals surface area contributed by atoms with Crippen molar-refractivity contribution in [2.75, 3.05) is 13.1 Å². The number of rotatable bonds is 5. The molecule has 0 aromatic carbocycles. The molecule has 2 N–H and O–H groups in total. The number of carbonyl (C=O) groups excluding carboxylic acids is 1. The fourth-order valence-electron chi connectivity index (χ4n) is 2.39. The monoisotopic (exact) mass is 286 g/mol. The summed E-state index contributed by atoms with van der Waals surface area (Å²) in [4.78, 5) is 24.4. The molecule has 0 spiro atoms. The van der Waals surface area contributed by atoms with Crippen molar-refractivity contribution in [3.63, 3.8) is 0 Å². The normalized spacial score (nSPS) is 20.8. The fourth-order valence-corrected chi connectivity index (χ4v) is 2.39. The first-order valence-electron chi connectivity index (χ1n) is 7.14. The van der Waals surface area contributed by atoms with Gasteiger partial charge in [0.15, 0.2) is 0 Å². The summed E-state index contributed by atoms with van der Waals surface area (Å²) < 4.78 is 5.40. The van der Waals surface area contributed by atoms with E-state index in [1.165, 1.54) is 0 Å². The zero-order valence-corrected chi connectivity index (χ0v) is 12.8. The highest BCUT2D eigenvalue weighted by atomic mass is 16.6. The van der Waals surface area contributed by atoms with Crippen molar-refractivity contribution in [3.05, 3.63) is 0 Å². The minimum Gasteiger partial charge on any atom is -0.480 e. The van der Waals surface area contributed by atoms with Crippen molar-refractivity contribution in [2.45, 2.75) is 64.6 Å². The number of likely N-dealkylation sites (tertiary alicyclic amines) is 1. The number of hydrogen-bond donors (Lipinski definition) is 2. The van der Waals surface area contributed by atoms with E-state index in [4.69, 9.17) is 9.84 Å². The van der Waals surface area contributed by atoms with Crippen molar-refractivity contribution in [3.8, 4) is 0 Å². The Morgan fingerprint density at radius 3 is 2.65 bits per heavy atom. The van der Waals surface area contributed by atoms with Crippen molar-refractivity contribution < 1.29 is 19.4 Å². The zero-order chi connectivity index (χ0) is 15.3. The summed E-state index contributed by atoms with van der Waals surface area (Å²) in [7, 11) is 0. The highest BCUT2D eigenvalue weighted by Gasteiger charge is 2.32. The SMILES string of the molecule is CC(CC1CCCN1C(=O)OC(C)(C)C)NCC(=O)O. The number of carbonyl (C=O) groups is 2. The van der Waals surface area contributed by atoms with E-state index in [9.17, 15) is 9.59 Å². The van der Waals surface area contributed by atoms with E-state index >= 15 is 0 Å². The summed E-state index contributed by atoms with van der Waals surface area (Å²) in [6.07, 6.45) is 2.38. The minimum absolute atomic E-state index is 0.0548. The first-order chi connectivity index (χ1) is 9.19. The van der Waals surface area contributed by atoms with E-state index < -0.39 is 11.6 Å². The summed E-state index contributed by atoms with van der Waals surface area (Å²) in [6.45, 7) is 8.16. The molecule has 2 unspecified atom stereocenters. The van der Waals surface area contributed by atoms with Crippen LogP contribution >= 0.6 is 0 Å². The van der Waals surface area contributed by atoms with Gasteiger partial charge >= 0.3 is 12.1 Å². The molecule has 1 rings (SSSR count). The molecule has 6 nitrogen and oxygen atoms in total. The van der Waals surface area contributed by atoms with Crippen molar-refractivity contribution in [2.24, 2.45) is 0 Å². The molecule has 6 heteroatoms. The molecule has 0 aliphatic carbocycles. The van der Waals surface area contributed by atoms with Gasteiger partial charge in [-0.25, -0.2) is 4.79 Å². The lowest BCUT2D eigenvalue weighted by Gasteiger charge is -2.30. The standard InChI is InChI=1S/C14H26N2O4/c1-10(15-9-12(17)18)8-11-6-5-7-16(11)13(19)20-14(2,3)4/h10-11,15H,5-9H2,1-4H3,(H,17,18). The molecule has 116 valence electrons. The first-order valence-corrected chi connectivity index (χ1v) is 7.14. The van der Waals surface area contributed by atoms with Gasteiger partial charge in [0.25, 0.3) is 0 Å². The van der Waals surface area contributed by atoms with Gasteiger partial charge in [-0.05, 0) is 47.0 Å². The van der Waals surface area contributed by atoms with Gasteiger partial charge in [-0.15, -0.1) is 0 Å². The quantitative estimate of drug-likeness (QED) is 0.806. The van der Waals surface area contributed by atoms with Crippen LogP contribution in [0, 0.1) is 0 Å². The van der Waals surface area contributed by atoms with Crippen LogP contribution in [-0.2, 0) is 9.53 Å². The van der Waals surface area contributed by atoms with Gasteiger partial charge < -0.3 is 20.1 Å². The van der Waals surface area contributed by atoms with Crippen molar-refractivity contribution in [1.29, 1.82) is 0 Å². The van der Waals surface area contributed by atoms with Gasteiger partial charge in [0.05, 0.1) is 6.54 Å². The second-order valence-electron chi connectivity index (χ2n) is 6.38. The van der Waals surface area contributed by atoms with Gasteiger partial charge in [0, 0.05) is 18.6 Å². The van der Waals surface area contributed by atoms with Crippen LogP contribution in [0.4, 0.5) is 4.79 Å². The molecule has 0 radical (unpaired) electrons. The van der Waals surface area contributed by atoms with Gasteiger partial charge in [-0.2, -0.15) is 0 Å². The predicted octanol–water partition coefficient (Wildman–Crippen LogP) is 1.84. The van der Waals surface area contributed by atoms with E-state index in [1.54, 1.807) is 4.90 Å². The Balaban J connectivity index is 2.48. The summed E-state index contributed by atoms with van der Waals surface area (Å²) in [5.41, 5.74) is -0.489. The molecule has 1 saturated heterocycles. The van der Waals surface area contributed by atoms with Crippen LogP contribution in [0.3, 0.4) is 0 Å². The molecule has 1 heterocycles. The molecule has 0 aromatic heterocycles. The molecule has 20 heavy (non-hydrogen) atoms. The zero-order valence-electron chi connectivity index (χ0n) is 12.8. The average molecular weight is 286 g/mol. The summed E-state index contributed by atoms with van der Waals surface area (Å²) in [5.74, 6) is -0.868. The van der Waals surface area contributed by atoms with Gasteiger partial charge in [-0.3, -0.25) is 4.79 Å². The van der Waals surface area contributed by atoms with Crippen LogP contribution in [0.15, 0.2) is 0 Å². The average Bonchev–Trinajstić information content (AvgIpc) is 2.72. The number of amides is 1. The molecule has 1 fully saturated rings. The van der Waals surface area contributed by atoms with Gasteiger partial charge in [-0.1, -0.05) is 0 Å². The van der Waals surface area contributed by atoms with Crippen LogP contribution in [0.5, 0.6) is 0 Å². The highest BCUT2D eigenvalue weighted by Crippen LogP contribution is 2.23. The molecule has 1 aliphatic rings. The van der Waals surface area contributed by atoms with Crippen molar-refractivity contribution in [1.82, 2.24) is 10.2 Å². The van der Waals surface area contributed by atoms with E-state index in [2.05, 4.69) is 5.32 Å². The molecule has 2 atom stereocenters. The maximum absolute atomic E-state index is 12.1. The molecular formula is C14H26N2O4. The Bertz CT molecular complexity index is 352. The van der Waals surface area contributed by atoms with Crippen LogP contribution < -0.4 is 5.32 Å². The number of nitrogens with zero attached hydrogens (tertiary/aromatic N) is 1. The molecule has 0 saturated carbocycles. The Labute approximate surface area is 120 Å². The Hall–Kier alpha value is -1.30. The second kappa shape index (κ2) is 6.92. The topological polar surface area (TPSA) is 78.9 Å². The Kier molecular flexibility index (Phi) is 5.80. The second-order valence-corrected chi connectivity index (χ2v) is 6.38. The maximum atomic E-state index is 12.1. The van der Waals surface area contributed by atoms with E-state index in [1.807, 2.05) is 27.7 Å². The molecule has 0 bridgehead atoms. The molecule has 1 amide bonds. The number of hydrogen-bond acceptors (Lipinski definition) is 4. The van der Waals surface area contributed by atoms with Gasteiger partial charge in [0.2, 0.25) is 0 Å². The molecular weight excluding hydrogens is 260 g/mol. The lowest BCUT2D eigenvalue weighted by molar-refractivity contribution is -0.136. The Morgan fingerprint density at radius 2 is 2.10 bits per heavy atom. The minimum atomic E-state index is -0.868. The number of carboxylic acids is 1. The predicted molar refractivity (Wildman–Crippen MR) is 75.7 cm³/mol. The number of nitrogens with one attached hydrogen (secondary N) is 1. The number of carboxylic acid groups (broad SMARTS) is 1. The van der Waals surface area contributed by atoms with Gasteiger partial charge in [0.1, 0.15) is 5.60 Å². The fraction of sp³-hybridized carbons (Fsp3) is 0.857. The smallest absolute Gasteiger partial charge is 0.410 e. The highest BCUT2D eigenvalue weighted by molar-refractivity contribution is 5.69. The lowest BCUT2D eigenvalue weighted by Crippen LogP contribution is -2.43. The molecule has 0 aromatic rings. The first kappa shape index (κ1) is 16.8. The van der Waals surface area contributed by atoms with E-state index in [-0.39, 0.29) is 24.7 Å². The third kappa shape index (κ3) is 5.77. The number of ether oxygens (including phenoxy) is 1. The van der Waals surface area contributed by atoms with Crippen molar-refractivity contribution >= 4 is 12.1 Å². The van der Waals surface area contributed by atoms with Crippen LogP contribution in [0.2, 0.25) is 0 Å². The third-order valence-corrected chi connectivity index (χ3v) is 3.23. The van der Waals surface area contributed by atoms with Crippen LogP contribution in [0.25, 0.3) is 0 Å². The van der Waals surface area contributed by atoms with E-state index in [0.717, 1.165) is 19.3 Å². The number of aliphatic carboxylic acids is 1. The van der Waals surface area contributed by atoms with Crippen LogP contribution in [0.1, 0.15) is 47.0 Å². The van der Waals surface area contributed by atoms with E-state index in [0.29, 0.717) is 6.54 Å².